The van der Waals surface area contributed by atoms with Crippen molar-refractivity contribution in [1.29, 1.82) is 0 Å². The number of carbonyl (C=O) groups is 1. The van der Waals surface area contributed by atoms with Gasteiger partial charge in [-0.1, -0.05) is 36.4 Å². The number of carboxylic acids is 1. The number of hydrogen-bond donors (Lipinski definition) is 1. The first-order valence-corrected chi connectivity index (χ1v) is 11.0. The third-order valence-corrected chi connectivity index (χ3v) is 5.99. The van der Waals surface area contributed by atoms with Gasteiger partial charge in [-0.25, -0.2) is 9.48 Å². The smallest absolute Gasteiger partial charge is 0.329 e. The molecule has 1 aromatic carbocycles. The van der Waals surface area contributed by atoms with Crippen molar-refractivity contribution < 1.29 is 14.6 Å². The van der Waals surface area contributed by atoms with Crippen LogP contribution in [0.4, 0.5) is 0 Å². The minimum absolute atomic E-state index is 0.115. The molecular formula is C25H27N3O4. The molecule has 1 fully saturated rings. The van der Waals surface area contributed by atoms with Crippen LogP contribution in [0.1, 0.15) is 25.7 Å². The van der Waals surface area contributed by atoms with Crippen molar-refractivity contribution >= 4 is 5.97 Å². The lowest BCUT2D eigenvalue weighted by molar-refractivity contribution is -0.142. The second kappa shape index (κ2) is 10.3. The van der Waals surface area contributed by atoms with Crippen LogP contribution >= 0.6 is 0 Å². The summed E-state index contributed by atoms with van der Waals surface area (Å²) in [6, 6.07) is 15.3. The molecule has 0 radical (unpaired) electrons. The predicted octanol–water partition coefficient (Wildman–Crippen LogP) is 3.88. The number of pyridine rings is 1. The molecule has 2 aromatic heterocycles. The normalized spacial score (nSPS) is 18.4. The first-order valence-electron chi connectivity index (χ1n) is 11.0. The SMILES string of the molecule is O=C(O)COC[C@H]1CC[C@H](Cn2nc(-c3ccccc3)c(-c3cccnc3)cc2=O)CC1. The molecule has 7 heteroatoms. The van der Waals surface area contributed by atoms with Gasteiger partial charge in [-0.05, 0) is 43.6 Å². The van der Waals surface area contributed by atoms with Gasteiger partial charge in [0.1, 0.15) is 6.61 Å². The standard InChI is InChI=1S/C25H27N3O4/c29-23-13-22(21-7-4-12-26-14-21)25(20-5-2-1-3-6-20)27-28(23)15-18-8-10-19(11-9-18)16-32-17-24(30)31/h1-7,12-14,18-19H,8-11,15-17H2,(H,30,31)/t18-,19-. The fourth-order valence-electron chi connectivity index (χ4n) is 4.31. The Morgan fingerprint density at radius 3 is 2.44 bits per heavy atom. The lowest BCUT2D eigenvalue weighted by atomic mass is 9.82. The van der Waals surface area contributed by atoms with Crippen molar-refractivity contribution in [3.63, 3.8) is 0 Å². The van der Waals surface area contributed by atoms with Gasteiger partial charge in [0.25, 0.3) is 5.56 Å². The lowest BCUT2D eigenvalue weighted by Crippen LogP contribution is -2.29. The Balaban J connectivity index is 1.52. The van der Waals surface area contributed by atoms with E-state index in [9.17, 15) is 9.59 Å². The van der Waals surface area contributed by atoms with Crippen LogP contribution in [0.5, 0.6) is 0 Å². The Bertz CT molecular complexity index is 1090. The number of benzene rings is 1. The molecule has 3 aromatic rings. The number of rotatable bonds is 8. The van der Waals surface area contributed by atoms with Gasteiger partial charge in [0.2, 0.25) is 0 Å². The summed E-state index contributed by atoms with van der Waals surface area (Å²) >= 11 is 0. The first-order chi connectivity index (χ1) is 15.6. The topological polar surface area (TPSA) is 94.3 Å². The van der Waals surface area contributed by atoms with E-state index in [2.05, 4.69) is 4.98 Å². The monoisotopic (exact) mass is 433 g/mol. The molecular weight excluding hydrogens is 406 g/mol. The number of nitrogens with zero attached hydrogens (tertiary/aromatic N) is 3. The summed E-state index contributed by atoms with van der Waals surface area (Å²) in [5.41, 5.74) is 3.26. The summed E-state index contributed by atoms with van der Waals surface area (Å²) in [6.45, 7) is 0.814. The Labute approximate surface area is 186 Å². The molecule has 1 aliphatic carbocycles. The largest absolute Gasteiger partial charge is 0.480 e. The molecule has 1 saturated carbocycles. The summed E-state index contributed by atoms with van der Waals surface area (Å²) < 4.78 is 6.85. The van der Waals surface area contributed by atoms with Gasteiger partial charge < -0.3 is 9.84 Å². The van der Waals surface area contributed by atoms with Gasteiger partial charge in [0.15, 0.2) is 0 Å². The van der Waals surface area contributed by atoms with Crippen LogP contribution in [0, 0.1) is 11.8 Å². The Morgan fingerprint density at radius 2 is 1.75 bits per heavy atom. The number of ether oxygens (including phenoxy) is 1. The lowest BCUT2D eigenvalue weighted by Gasteiger charge is -2.28. The van der Waals surface area contributed by atoms with Crippen LogP contribution in [0.15, 0.2) is 65.7 Å². The highest BCUT2D eigenvalue weighted by Crippen LogP contribution is 2.31. The molecule has 0 saturated heterocycles. The van der Waals surface area contributed by atoms with Crippen LogP contribution in [-0.4, -0.2) is 39.1 Å². The third kappa shape index (κ3) is 5.48. The number of aliphatic carboxylic acids is 1. The highest BCUT2D eigenvalue weighted by atomic mass is 16.5. The minimum atomic E-state index is -0.937. The van der Waals surface area contributed by atoms with E-state index in [1.165, 1.54) is 0 Å². The van der Waals surface area contributed by atoms with Gasteiger partial charge in [-0.15, -0.1) is 0 Å². The van der Waals surface area contributed by atoms with Gasteiger partial charge in [-0.2, -0.15) is 5.10 Å². The molecule has 4 rings (SSSR count). The minimum Gasteiger partial charge on any atom is -0.480 e. The van der Waals surface area contributed by atoms with E-state index in [0.29, 0.717) is 25.0 Å². The zero-order valence-electron chi connectivity index (χ0n) is 17.9. The van der Waals surface area contributed by atoms with Gasteiger partial charge >= 0.3 is 5.97 Å². The van der Waals surface area contributed by atoms with E-state index < -0.39 is 5.97 Å². The quantitative estimate of drug-likeness (QED) is 0.579. The number of hydrogen-bond acceptors (Lipinski definition) is 5. The summed E-state index contributed by atoms with van der Waals surface area (Å²) in [7, 11) is 0. The van der Waals surface area contributed by atoms with Crippen molar-refractivity contribution in [1.82, 2.24) is 14.8 Å². The predicted molar refractivity (Wildman–Crippen MR) is 121 cm³/mol. The maximum atomic E-state index is 12.9. The second-order valence-electron chi connectivity index (χ2n) is 8.33. The van der Waals surface area contributed by atoms with E-state index in [-0.39, 0.29) is 12.2 Å². The zero-order valence-corrected chi connectivity index (χ0v) is 17.9. The van der Waals surface area contributed by atoms with Crippen LogP contribution < -0.4 is 5.56 Å². The Morgan fingerprint density at radius 1 is 1.03 bits per heavy atom. The van der Waals surface area contributed by atoms with E-state index in [1.807, 2.05) is 42.5 Å². The van der Waals surface area contributed by atoms with Crippen LogP contribution in [0.2, 0.25) is 0 Å². The highest BCUT2D eigenvalue weighted by Gasteiger charge is 2.23. The Hall–Kier alpha value is -3.32. The third-order valence-electron chi connectivity index (χ3n) is 5.99. The van der Waals surface area contributed by atoms with Gasteiger partial charge in [0, 0.05) is 41.7 Å². The summed E-state index contributed by atoms with van der Waals surface area (Å²) in [6.07, 6.45) is 7.35. The number of carboxylic acid groups (broad SMARTS) is 1. The molecule has 2 heterocycles. The molecule has 0 atom stereocenters. The molecule has 0 aliphatic heterocycles. The average Bonchev–Trinajstić information content (AvgIpc) is 2.82. The van der Waals surface area contributed by atoms with E-state index in [0.717, 1.165) is 48.1 Å². The fraction of sp³-hybridized carbons (Fsp3) is 0.360. The molecule has 0 amide bonds. The molecule has 0 spiro atoms. The van der Waals surface area contributed by atoms with Crippen LogP contribution in [0.3, 0.4) is 0 Å². The van der Waals surface area contributed by atoms with Gasteiger partial charge in [-0.3, -0.25) is 9.78 Å². The molecule has 1 N–H and O–H groups in total. The van der Waals surface area contributed by atoms with Crippen molar-refractivity contribution in [3.05, 3.63) is 71.3 Å². The molecule has 7 nitrogen and oxygen atoms in total. The summed E-state index contributed by atoms with van der Waals surface area (Å²) in [5, 5.41) is 13.5. The highest BCUT2D eigenvalue weighted by molar-refractivity contribution is 5.79. The second-order valence-corrected chi connectivity index (χ2v) is 8.33. The van der Waals surface area contributed by atoms with Gasteiger partial charge in [0.05, 0.1) is 12.3 Å². The molecule has 32 heavy (non-hydrogen) atoms. The van der Waals surface area contributed by atoms with E-state index in [4.69, 9.17) is 14.9 Å². The van der Waals surface area contributed by atoms with Crippen molar-refractivity contribution in [3.8, 4) is 22.4 Å². The molecule has 1 aliphatic rings. The summed E-state index contributed by atoms with van der Waals surface area (Å²) in [5.74, 6) is -0.194. The van der Waals surface area contributed by atoms with E-state index >= 15 is 0 Å². The molecule has 0 bridgehead atoms. The molecule has 166 valence electrons. The zero-order chi connectivity index (χ0) is 22.3. The maximum Gasteiger partial charge on any atom is 0.329 e. The average molecular weight is 434 g/mol. The summed E-state index contributed by atoms with van der Waals surface area (Å²) in [4.78, 5) is 27.7. The van der Waals surface area contributed by atoms with E-state index in [1.54, 1.807) is 23.1 Å². The van der Waals surface area contributed by atoms with Crippen molar-refractivity contribution in [2.24, 2.45) is 11.8 Å². The van der Waals surface area contributed by atoms with Crippen molar-refractivity contribution in [2.45, 2.75) is 32.2 Å². The van der Waals surface area contributed by atoms with Crippen molar-refractivity contribution in [2.75, 3.05) is 13.2 Å². The molecule has 0 unspecified atom stereocenters. The maximum absolute atomic E-state index is 12.9. The van der Waals surface area contributed by atoms with Crippen LogP contribution in [-0.2, 0) is 16.1 Å². The fourth-order valence-corrected chi connectivity index (χ4v) is 4.31. The van der Waals surface area contributed by atoms with Crippen LogP contribution in [0.25, 0.3) is 22.4 Å². The number of aromatic nitrogens is 3. The Kier molecular flexibility index (Phi) is 7.07. The first kappa shape index (κ1) is 21.9.